The maximum absolute atomic E-state index is 12.1. The van der Waals surface area contributed by atoms with Gasteiger partial charge in [-0.2, -0.15) is 0 Å². The van der Waals surface area contributed by atoms with E-state index in [1.807, 2.05) is 57.3 Å². The van der Waals surface area contributed by atoms with Crippen LogP contribution in [0.2, 0.25) is 0 Å². The molecule has 0 unspecified atom stereocenters. The lowest BCUT2D eigenvalue weighted by molar-refractivity contribution is -0.132. The van der Waals surface area contributed by atoms with E-state index < -0.39 is 6.04 Å². The van der Waals surface area contributed by atoms with Crippen molar-refractivity contribution < 1.29 is 9.32 Å². The van der Waals surface area contributed by atoms with Crippen LogP contribution in [0, 0.1) is 5.92 Å². The molecule has 0 radical (unpaired) electrons. The third-order valence-electron chi connectivity index (χ3n) is 4.42. The van der Waals surface area contributed by atoms with Gasteiger partial charge in [-0.1, -0.05) is 55.8 Å². The molecule has 1 aromatic carbocycles. The third kappa shape index (κ3) is 5.71. The second-order valence-electron chi connectivity index (χ2n) is 6.88. The van der Waals surface area contributed by atoms with Gasteiger partial charge in [-0.3, -0.25) is 4.79 Å². The fraction of sp³-hybridized carbons (Fsp3) is 0.500. The monoisotopic (exact) mass is 343 g/mol. The normalized spacial score (nSPS) is 12.4. The van der Waals surface area contributed by atoms with E-state index in [0.29, 0.717) is 0 Å². The molecular formula is C20H29N3O2. The van der Waals surface area contributed by atoms with E-state index in [-0.39, 0.29) is 11.8 Å². The van der Waals surface area contributed by atoms with Crippen LogP contribution in [-0.4, -0.2) is 35.6 Å². The molecule has 0 saturated carbocycles. The molecule has 2 N–H and O–H groups in total. The van der Waals surface area contributed by atoms with Crippen molar-refractivity contribution in [3.63, 3.8) is 0 Å². The van der Waals surface area contributed by atoms with Gasteiger partial charge in [0.2, 0.25) is 5.91 Å². The van der Waals surface area contributed by atoms with Gasteiger partial charge in [-0.15, -0.1) is 0 Å². The van der Waals surface area contributed by atoms with E-state index in [2.05, 4.69) is 5.16 Å². The Labute approximate surface area is 150 Å². The first-order valence-electron chi connectivity index (χ1n) is 9.00. The van der Waals surface area contributed by atoms with Gasteiger partial charge in [0.05, 0.1) is 6.04 Å². The lowest BCUT2D eigenvalue weighted by atomic mass is 10.0. The molecule has 0 spiro atoms. The fourth-order valence-corrected chi connectivity index (χ4v) is 2.65. The first-order chi connectivity index (χ1) is 12.0. The first-order valence-corrected chi connectivity index (χ1v) is 9.00. The number of unbranched alkanes of at least 4 members (excludes halogenated alkanes) is 2. The number of likely N-dealkylation sites (N-methyl/N-ethyl adjacent to an activating group) is 1. The SMILES string of the molecule is CC(C)[C@H](N)C(=O)N(C)CCCCCc1cc(-c2ccccc2)no1. The summed E-state index contributed by atoms with van der Waals surface area (Å²) in [7, 11) is 1.83. The minimum absolute atomic E-state index is 0.0257. The molecule has 0 aliphatic heterocycles. The Hall–Kier alpha value is -2.14. The van der Waals surface area contributed by atoms with E-state index in [1.54, 1.807) is 4.90 Å². The largest absolute Gasteiger partial charge is 0.361 e. The van der Waals surface area contributed by atoms with E-state index in [1.165, 1.54) is 0 Å². The number of amides is 1. The van der Waals surface area contributed by atoms with E-state index in [9.17, 15) is 4.79 Å². The Kier molecular flexibility index (Phi) is 7.19. The molecule has 0 bridgehead atoms. The van der Waals surface area contributed by atoms with Crippen molar-refractivity contribution in [2.75, 3.05) is 13.6 Å². The van der Waals surface area contributed by atoms with Crippen LogP contribution in [0.1, 0.15) is 38.9 Å². The summed E-state index contributed by atoms with van der Waals surface area (Å²) in [4.78, 5) is 13.8. The number of aryl methyl sites for hydroxylation is 1. The molecule has 1 aromatic heterocycles. The van der Waals surface area contributed by atoms with E-state index in [0.717, 1.165) is 49.2 Å². The van der Waals surface area contributed by atoms with Gasteiger partial charge in [0.1, 0.15) is 11.5 Å². The summed E-state index contributed by atoms with van der Waals surface area (Å²) in [5.41, 5.74) is 7.85. The minimum atomic E-state index is -0.407. The molecule has 25 heavy (non-hydrogen) atoms. The average Bonchev–Trinajstić information content (AvgIpc) is 3.09. The number of rotatable bonds is 9. The van der Waals surface area contributed by atoms with Crippen LogP contribution < -0.4 is 5.73 Å². The highest BCUT2D eigenvalue weighted by Crippen LogP contribution is 2.19. The smallest absolute Gasteiger partial charge is 0.239 e. The second-order valence-corrected chi connectivity index (χ2v) is 6.88. The summed E-state index contributed by atoms with van der Waals surface area (Å²) in [5.74, 6) is 1.10. The number of carbonyl (C=O) groups excluding carboxylic acids is 1. The standard InChI is InChI=1S/C20H29N3O2/c1-15(2)19(21)20(24)23(3)13-9-5-8-12-17-14-18(22-25-17)16-10-6-4-7-11-16/h4,6-7,10-11,14-15,19H,5,8-9,12-13,21H2,1-3H3/t19-/m0/s1. The Balaban J connectivity index is 1.68. The van der Waals surface area contributed by atoms with Crippen LogP contribution in [0.3, 0.4) is 0 Å². The molecule has 0 fully saturated rings. The number of aromatic nitrogens is 1. The maximum atomic E-state index is 12.1. The summed E-state index contributed by atoms with van der Waals surface area (Å²) >= 11 is 0. The topological polar surface area (TPSA) is 72.4 Å². The summed E-state index contributed by atoms with van der Waals surface area (Å²) in [6, 6.07) is 11.6. The minimum Gasteiger partial charge on any atom is -0.361 e. The van der Waals surface area contributed by atoms with Crippen LogP contribution in [0.25, 0.3) is 11.3 Å². The van der Waals surface area contributed by atoms with Crippen molar-refractivity contribution in [2.45, 2.75) is 45.6 Å². The average molecular weight is 343 g/mol. The first kappa shape index (κ1) is 19.2. The molecule has 2 rings (SSSR count). The Morgan fingerprint density at radius 1 is 1.20 bits per heavy atom. The molecule has 1 atom stereocenters. The van der Waals surface area contributed by atoms with Crippen molar-refractivity contribution in [1.82, 2.24) is 10.1 Å². The van der Waals surface area contributed by atoms with Crippen molar-refractivity contribution in [2.24, 2.45) is 11.7 Å². The van der Waals surface area contributed by atoms with Gasteiger partial charge in [0, 0.05) is 31.6 Å². The zero-order chi connectivity index (χ0) is 18.2. The van der Waals surface area contributed by atoms with Crippen molar-refractivity contribution in [3.8, 4) is 11.3 Å². The Bertz CT molecular complexity index is 652. The van der Waals surface area contributed by atoms with Gasteiger partial charge in [0.25, 0.3) is 0 Å². The molecule has 0 aliphatic rings. The van der Waals surface area contributed by atoms with Crippen molar-refractivity contribution in [1.29, 1.82) is 0 Å². The predicted octanol–water partition coefficient (Wildman–Crippen LogP) is 3.50. The molecule has 1 amide bonds. The number of carbonyl (C=O) groups is 1. The van der Waals surface area contributed by atoms with Gasteiger partial charge in [-0.25, -0.2) is 0 Å². The number of hydrogen-bond acceptors (Lipinski definition) is 4. The highest BCUT2D eigenvalue weighted by molar-refractivity contribution is 5.81. The van der Waals surface area contributed by atoms with Crippen molar-refractivity contribution in [3.05, 3.63) is 42.2 Å². The van der Waals surface area contributed by atoms with Gasteiger partial charge in [0.15, 0.2) is 0 Å². The lowest BCUT2D eigenvalue weighted by Gasteiger charge is -2.23. The summed E-state index contributed by atoms with van der Waals surface area (Å²) < 4.78 is 5.41. The third-order valence-corrected chi connectivity index (χ3v) is 4.42. The fourth-order valence-electron chi connectivity index (χ4n) is 2.65. The number of benzene rings is 1. The molecule has 136 valence electrons. The van der Waals surface area contributed by atoms with Crippen molar-refractivity contribution >= 4 is 5.91 Å². The van der Waals surface area contributed by atoms with Gasteiger partial charge >= 0.3 is 0 Å². The summed E-state index contributed by atoms with van der Waals surface area (Å²) in [6.07, 6.45) is 3.88. The Morgan fingerprint density at radius 2 is 1.92 bits per heavy atom. The van der Waals surface area contributed by atoms with E-state index >= 15 is 0 Å². The highest BCUT2D eigenvalue weighted by Gasteiger charge is 2.20. The van der Waals surface area contributed by atoms with Crippen LogP contribution >= 0.6 is 0 Å². The number of nitrogens with zero attached hydrogens (tertiary/aromatic N) is 2. The molecule has 1 heterocycles. The van der Waals surface area contributed by atoms with Crippen LogP contribution in [0.15, 0.2) is 40.9 Å². The number of hydrogen-bond donors (Lipinski definition) is 1. The van der Waals surface area contributed by atoms with Gasteiger partial charge < -0.3 is 15.2 Å². The molecule has 0 aliphatic carbocycles. The zero-order valence-corrected chi connectivity index (χ0v) is 15.4. The predicted molar refractivity (Wildman–Crippen MR) is 99.9 cm³/mol. The summed E-state index contributed by atoms with van der Waals surface area (Å²) in [5, 5.41) is 4.13. The Morgan fingerprint density at radius 3 is 2.60 bits per heavy atom. The molecule has 5 heteroatoms. The van der Waals surface area contributed by atoms with Crippen LogP contribution in [0.5, 0.6) is 0 Å². The quantitative estimate of drug-likeness (QED) is 0.707. The summed E-state index contributed by atoms with van der Waals surface area (Å²) in [6.45, 7) is 4.68. The molecular weight excluding hydrogens is 314 g/mol. The van der Waals surface area contributed by atoms with Gasteiger partial charge in [-0.05, 0) is 18.8 Å². The zero-order valence-electron chi connectivity index (χ0n) is 15.4. The molecule has 2 aromatic rings. The van der Waals surface area contributed by atoms with Crippen LogP contribution in [0.4, 0.5) is 0 Å². The molecule has 0 saturated heterocycles. The highest BCUT2D eigenvalue weighted by atomic mass is 16.5. The van der Waals surface area contributed by atoms with E-state index in [4.69, 9.17) is 10.3 Å². The number of nitrogens with two attached hydrogens (primary N) is 1. The second kappa shape index (κ2) is 9.37. The maximum Gasteiger partial charge on any atom is 0.239 e. The van der Waals surface area contributed by atoms with Crippen LogP contribution in [-0.2, 0) is 11.2 Å². The molecule has 5 nitrogen and oxygen atoms in total. The lowest BCUT2D eigenvalue weighted by Crippen LogP contribution is -2.45.